The summed E-state index contributed by atoms with van der Waals surface area (Å²) in [5.74, 6) is -0.553. The average Bonchev–Trinajstić information content (AvgIpc) is 2.69. The van der Waals surface area contributed by atoms with E-state index in [-0.39, 0.29) is 5.56 Å². The van der Waals surface area contributed by atoms with E-state index in [2.05, 4.69) is 4.99 Å². The highest BCUT2D eigenvalue weighted by Crippen LogP contribution is 2.21. The van der Waals surface area contributed by atoms with Crippen molar-refractivity contribution in [3.05, 3.63) is 95.0 Å². The van der Waals surface area contributed by atoms with Crippen molar-refractivity contribution in [3.63, 3.8) is 0 Å². The Hall–Kier alpha value is -3.37. The zero-order valence-corrected chi connectivity index (χ0v) is 15.1. The number of amidine groups is 1. The summed E-state index contributed by atoms with van der Waals surface area (Å²) in [6.07, 6.45) is 3.60. The summed E-state index contributed by atoms with van der Waals surface area (Å²) >= 11 is 5.85. The molecule has 0 atom stereocenters. The van der Waals surface area contributed by atoms with Crippen LogP contribution in [0.15, 0.2) is 83.9 Å². The third-order valence-corrected chi connectivity index (χ3v) is 4.14. The number of nitrogens with zero attached hydrogens (tertiary/aromatic N) is 1. The summed E-state index contributed by atoms with van der Waals surface area (Å²) in [5.41, 5.74) is 9.69. The molecular weight excluding hydrogens is 360 g/mol. The van der Waals surface area contributed by atoms with Crippen LogP contribution in [0, 0.1) is 0 Å². The van der Waals surface area contributed by atoms with E-state index in [1.54, 1.807) is 48.5 Å². The third kappa shape index (κ3) is 5.06. The van der Waals surface area contributed by atoms with Crippen LogP contribution in [0.1, 0.15) is 15.9 Å². The Morgan fingerprint density at radius 1 is 0.963 bits per heavy atom. The zero-order chi connectivity index (χ0) is 19.2. The van der Waals surface area contributed by atoms with E-state index in [0.29, 0.717) is 10.9 Å². The molecule has 0 aliphatic heterocycles. The van der Waals surface area contributed by atoms with Crippen LogP contribution in [0.2, 0.25) is 5.02 Å². The van der Waals surface area contributed by atoms with E-state index in [1.165, 1.54) is 0 Å². The maximum absolute atomic E-state index is 11.1. The Labute approximate surface area is 162 Å². The van der Waals surface area contributed by atoms with Crippen molar-refractivity contribution in [3.8, 4) is 11.1 Å². The lowest BCUT2D eigenvalue weighted by molar-refractivity contribution is 0.0697. The van der Waals surface area contributed by atoms with Gasteiger partial charge < -0.3 is 10.8 Å². The summed E-state index contributed by atoms with van der Waals surface area (Å²) in [6.45, 7) is 0. The molecule has 0 unspecified atom stereocenters. The number of rotatable bonds is 5. The molecule has 0 spiro atoms. The predicted octanol–water partition coefficient (Wildman–Crippen LogP) is 5.41. The fourth-order valence-corrected chi connectivity index (χ4v) is 2.63. The van der Waals surface area contributed by atoms with Gasteiger partial charge in [0.2, 0.25) is 0 Å². The van der Waals surface area contributed by atoms with Crippen LogP contribution >= 0.6 is 11.6 Å². The maximum atomic E-state index is 11.1. The number of carbonyl (C=O) groups is 1. The van der Waals surface area contributed by atoms with E-state index in [9.17, 15) is 4.79 Å². The minimum Gasteiger partial charge on any atom is -0.478 e. The molecule has 0 radical (unpaired) electrons. The molecule has 0 saturated heterocycles. The number of hydrogen-bond donors (Lipinski definition) is 2. The molecule has 4 nitrogen and oxygen atoms in total. The number of carboxylic acid groups (broad SMARTS) is 1. The Bertz CT molecular complexity index is 1010. The van der Waals surface area contributed by atoms with Crippen molar-refractivity contribution in [2.45, 2.75) is 0 Å². The zero-order valence-electron chi connectivity index (χ0n) is 14.3. The van der Waals surface area contributed by atoms with Gasteiger partial charge in [-0.05, 0) is 59.2 Å². The van der Waals surface area contributed by atoms with Crippen molar-refractivity contribution >= 4 is 35.2 Å². The number of aliphatic imine (C=N–C) groups is 1. The highest BCUT2D eigenvalue weighted by atomic mass is 35.5. The Morgan fingerprint density at radius 3 is 2.33 bits per heavy atom. The molecule has 3 aromatic rings. The Morgan fingerprint density at radius 2 is 1.67 bits per heavy atom. The average molecular weight is 377 g/mol. The predicted molar refractivity (Wildman–Crippen MR) is 111 cm³/mol. The fourth-order valence-electron chi connectivity index (χ4n) is 2.50. The lowest BCUT2D eigenvalue weighted by atomic mass is 10.0. The van der Waals surface area contributed by atoms with E-state index < -0.39 is 5.97 Å². The Balaban J connectivity index is 1.73. The van der Waals surface area contributed by atoms with Gasteiger partial charge in [0.05, 0.1) is 11.3 Å². The minimum atomic E-state index is -0.938. The molecule has 5 heteroatoms. The van der Waals surface area contributed by atoms with Gasteiger partial charge in [-0.15, -0.1) is 0 Å². The number of aromatic carboxylic acids is 1. The molecule has 3 rings (SSSR count). The lowest BCUT2D eigenvalue weighted by Crippen LogP contribution is -2.06. The van der Waals surface area contributed by atoms with E-state index in [4.69, 9.17) is 22.4 Å². The Kier molecular flexibility index (Phi) is 5.69. The third-order valence-electron chi connectivity index (χ3n) is 3.88. The normalized spacial score (nSPS) is 11.7. The highest BCUT2D eigenvalue weighted by molar-refractivity contribution is 6.30. The second-order valence-corrected chi connectivity index (χ2v) is 6.29. The van der Waals surface area contributed by atoms with Crippen LogP contribution in [0.5, 0.6) is 0 Å². The van der Waals surface area contributed by atoms with E-state index >= 15 is 0 Å². The number of hydrogen-bond acceptors (Lipinski definition) is 2. The standard InChI is InChI=1S/C22H17ClN2O2/c23-19-9-11-20(12-10-19)25-21(24)13-6-15-4-7-16(8-5-15)17-2-1-3-18(14-17)22(26)27/h1-14H,(H2,24,25)(H,26,27). The molecule has 0 aliphatic rings. The van der Waals surface area contributed by atoms with Crippen molar-refractivity contribution in [2.75, 3.05) is 0 Å². The van der Waals surface area contributed by atoms with Crippen molar-refractivity contribution < 1.29 is 9.90 Å². The molecule has 0 saturated carbocycles. The largest absolute Gasteiger partial charge is 0.478 e. The number of carboxylic acids is 1. The van der Waals surface area contributed by atoms with Crippen LogP contribution in [-0.2, 0) is 0 Å². The van der Waals surface area contributed by atoms with Crippen molar-refractivity contribution in [2.24, 2.45) is 10.7 Å². The molecule has 0 aromatic heterocycles. The first-order valence-corrected chi connectivity index (χ1v) is 8.61. The van der Waals surface area contributed by atoms with Crippen LogP contribution in [0.4, 0.5) is 5.69 Å². The number of nitrogens with two attached hydrogens (primary N) is 1. The molecule has 0 heterocycles. The topological polar surface area (TPSA) is 75.7 Å². The van der Waals surface area contributed by atoms with E-state index in [0.717, 1.165) is 22.4 Å². The van der Waals surface area contributed by atoms with Gasteiger partial charge in [-0.25, -0.2) is 9.79 Å². The van der Waals surface area contributed by atoms with E-state index in [1.807, 2.05) is 36.4 Å². The number of benzene rings is 3. The molecule has 0 amide bonds. The molecule has 0 aliphatic carbocycles. The highest BCUT2D eigenvalue weighted by Gasteiger charge is 2.04. The van der Waals surface area contributed by atoms with Crippen LogP contribution < -0.4 is 5.73 Å². The molecular formula is C22H17ClN2O2. The summed E-state index contributed by atoms with van der Waals surface area (Å²) in [6, 6.07) is 21.7. The van der Waals surface area contributed by atoms with Crippen LogP contribution in [0.25, 0.3) is 17.2 Å². The first-order valence-electron chi connectivity index (χ1n) is 8.23. The molecule has 0 fully saturated rings. The van der Waals surface area contributed by atoms with Gasteiger partial charge in [0, 0.05) is 5.02 Å². The number of halogens is 1. The maximum Gasteiger partial charge on any atom is 0.335 e. The summed E-state index contributed by atoms with van der Waals surface area (Å²) < 4.78 is 0. The second kappa shape index (κ2) is 8.34. The summed E-state index contributed by atoms with van der Waals surface area (Å²) in [7, 11) is 0. The quantitative estimate of drug-likeness (QED) is 0.462. The summed E-state index contributed by atoms with van der Waals surface area (Å²) in [4.78, 5) is 15.4. The van der Waals surface area contributed by atoms with Crippen molar-refractivity contribution in [1.82, 2.24) is 0 Å². The van der Waals surface area contributed by atoms with Crippen LogP contribution in [-0.4, -0.2) is 16.9 Å². The summed E-state index contributed by atoms with van der Waals surface area (Å²) in [5, 5.41) is 9.75. The molecule has 27 heavy (non-hydrogen) atoms. The second-order valence-electron chi connectivity index (χ2n) is 5.85. The first kappa shape index (κ1) is 18.4. The van der Waals surface area contributed by atoms with Crippen molar-refractivity contribution in [1.29, 1.82) is 0 Å². The fraction of sp³-hybridized carbons (Fsp3) is 0. The lowest BCUT2D eigenvalue weighted by Gasteiger charge is -2.04. The molecule has 3 aromatic carbocycles. The monoisotopic (exact) mass is 376 g/mol. The van der Waals surface area contributed by atoms with Gasteiger partial charge in [-0.2, -0.15) is 0 Å². The SMILES string of the molecule is NC(C=Cc1ccc(-c2cccc(C(=O)O)c2)cc1)=Nc1ccc(Cl)cc1. The minimum absolute atomic E-state index is 0.266. The van der Waals surface area contributed by atoms with Gasteiger partial charge >= 0.3 is 5.97 Å². The van der Waals surface area contributed by atoms with Gasteiger partial charge in [0.25, 0.3) is 0 Å². The molecule has 0 bridgehead atoms. The van der Waals surface area contributed by atoms with Gasteiger partial charge in [-0.1, -0.05) is 54.1 Å². The van der Waals surface area contributed by atoms with Gasteiger partial charge in [0.1, 0.15) is 5.84 Å². The smallest absolute Gasteiger partial charge is 0.335 e. The molecule has 134 valence electrons. The first-order chi connectivity index (χ1) is 13.0. The molecule has 3 N–H and O–H groups in total. The van der Waals surface area contributed by atoms with Gasteiger partial charge in [0.15, 0.2) is 0 Å². The van der Waals surface area contributed by atoms with Crippen LogP contribution in [0.3, 0.4) is 0 Å². The van der Waals surface area contributed by atoms with Gasteiger partial charge in [-0.3, -0.25) is 0 Å².